The number of piperidine rings is 1. The first-order valence-corrected chi connectivity index (χ1v) is 14.9. The number of hydrogen-bond acceptors (Lipinski definition) is 8. The zero-order chi connectivity index (χ0) is 25.2. The number of aromatic nitrogens is 1. The molecule has 190 valence electrons. The van der Waals surface area contributed by atoms with E-state index in [9.17, 15) is 21.6 Å². The summed E-state index contributed by atoms with van der Waals surface area (Å²) in [5, 5.41) is 0. The molecule has 1 amide bonds. The molecule has 2 saturated heterocycles. The van der Waals surface area contributed by atoms with Crippen molar-refractivity contribution < 1.29 is 21.6 Å². The van der Waals surface area contributed by atoms with Crippen molar-refractivity contribution in [3.63, 3.8) is 0 Å². The Morgan fingerprint density at radius 1 is 0.971 bits per heavy atom. The largest absolute Gasteiger partial charge is 0.384 e. The Morgan fingerprint density at radius 3 is 2.20 bits per heavy atom. The molecule has 0 unspecified atom stereocenters. The summed E-state index contributed by atoms with van der Waals surface area (Å²) in [7, 11) is -7.70. The number of rotatable bonds is 6. The normalized spacial score (nSPS) is 19.1. The van der Waals surface area contributed by atoms with Gasteiger partial charge in [-0.2, -0.15) is 4.31 Å². The van der Waals surface area contributed by atoms with E-state index in [0.717, 1.165) is 44.3 Å². The second-order valence-corrected chi connectivity index (χ2v) is 13.0. The summed E-state index contributed by atoms with van der Waals surface area (Å²) in [6, 6.07) is 9.44. The van der Waals surface area contributed by atoms with Crippen LogP contribution in [0.2, 0.25) is 0 Å². The molecule has 0 radical (unpaired) electrons. The van der Waals surface area contributed by atoms with Gasteiger partial charge in [0.1, 0.15) is 10.7 Å². The van der Waals surface area contributed by atoms with E-state index in [2.05, 4.69) is 9.88 Å². The van der Waals surface area contributed by atoms with Crippen molar-refractivity contribution in [1.82, 2.24) is 19.1 Å². The summed E-state index contributed by atoms with van der Waals surface area (Å²) in [5.74, 6) is 0.475. The minimum atomic E-state index is -3.99. The van der Waals surface area contributed by atoms with E-state index in [4.69, 9.17) is 5.73 Å². The number of likely N-dealkylation sites (tertiary alicyclic amines) is 1. The topological polar surface area (TPSA) is 134 Å². The van der Waals surface area contributed by atoms with Gasteiger partial charge in [0, 0.05) is 51.1 Å². The lowest BCUT2D eigenvalue weighted by Crippen LogP contribution is -2.52. The van der Waals surface area contributed by atoms with Crippen LogP contribution in [0.1, 0.15) is 18.4 Å². The van der Waals surface area contributed by atoms with Gasteiger partial charge in [-0.25, -0.2) is 21.8 Å². The number of piperazine rings is 1. The number of benzene rings is 1. The number of nitrogens with zero attached hydrogens (tertiary/aromatic N) is 4. The number of carbonyl (C=O) groups excluding carboxylic acids is 1. The molecule has 2 aliphatic rings. The quantitative estimate of drug-likeness (QED) is 0.590. The SMILES string of the molecule is CS(=O)(=O)c1ccccc1S(=O)(=O)N1CCN(C(=O)C2CCN(Cc3ccnc(N)c3)CC2)CC1. The van der Waals surface area contributed by atoms with E-state index >= 15 is 0 Å². The first-order valence-electron chi connectivity index (χ1n) is 11.6. The highest BCUT2D eigenvalue weighted by Crippen LogP contribution is 2.26. The highest BCUT2D eigenvalue weighted by molar-refractivity contribution is 7.93. The van der Waals surface area contributed by atoms with E-state index in [0.29, 0.717) is 5.82 Å². The molecule has 1 aromatic carbocycles. The summed E-state index contributed by atoms with van der Waals surface area (Å²) in [5.41, 5.74) is 6.85. The van der Waals surface area contributed by atoms with E-state index in [1.165, 1.54) is 28.6 Å². The number of carbonyl (C=O) groups is 1. The Hall–Kier alpha value is -2.54. The molecule has 4 rings (SSSR count). The summed E-state index contributed by atoms with van der Waals surface area (Å²) < 4.78 is 51.8. The van der Waals surface area contributed by atoms with Crippen LogP contribution in [0.4, 0.5) is 5.82 Å². The molecule has 0 saturated carbocycles. The van der Waals surface area contributed by atoms with Crippen LogP contribution in [-0.4, -0.2) is 87.4 Å². The molecule has 12 heteroatoms. The molecule has 0 bridgehead atoms. The van der Waals surface area contributed by atoms with Crippen LogP contribution in [0.15, 0.2) is 52.4 Å². The Morgan fingerprint density at radius 2 is 1.60 bits per heavy atom. The minimum Gasteiger partial charge on any atom is -0.384 e. The number of anilines is 1. The van der Waals surface area contributed by atoms with Crippen LogP contribution in [0.5, 0.6) is 0 Å². The van der Waals surface area contributed by atoms with Crippen molar-refractivity contribution >= 4 is 31.6 Å². The second-order valence-electron chi connectivity index (χ2n) is 9.09. The molecular formula is C23H31N5O5S2. The monoisotopic (exact) mass is 521 g/mol. The number of sulfonamides is 1. The number of hydrogen-bond donors (Lipinski definition) is 1. The van der Waals surface area contributed by atoms with Crippen LogP contribution in [0.3, 0.4) is 0 Å². The molecule has 0 spiro atoms. The van der Waals surface area contributed by atoms with Gasteiger partial charge < -0.3 is 10.6 Å². The van der Waals surface area contributed by atoms with Gasteiger partial charge in [0.15, 0.2) is 9.84 Å². The van der Waals surface area contributed by atoms with Crippen molar-refractivity contribution in [2.75, 3.05) is 51.3 Å². The van der Waals surface area contributed by atoms with E-state index in [1.807, 2.05) is 12.1 Å². The maximum absolute atomic E-state index is 13.2. The molecule has 3 heterocycles. The minimum absolute atomic E-state index is 0.0615. The zero-order valence-corrected chi connectivity index (χ0v) is 21.3. The standard InChI is InChI=1S/C23H31N5O5S2/c1-34(30,31)20-4-2-3-5-21(20)35(32,33)28-14-12-27(13-15-28)23(29)19-7-10-26(11-8-19)17-18-6-9-25-22(24)16-18/h2-6,9,16,19H,7-8,10-15,17H2,1H3,(H2,24,25). The van der Waals surface area contributed by atoms with Gasteiger partial charge in [-0.3, -0.25) is 9.69 Å². The first kappa shape index (κ1) is 25.5. The number of amides is 1. The second kappa shape index (κ2) is 10.2. The highest BCUT2D eigenvalue weighted by atomic mass is 32.2. The van der Waals surface area contributed by atoms with Crippen LogP contribution in [0, 0.1) is 5.92 Å². The summed E-state index contributed by atoms with van der Waals surface area (Å²) in [6.07, 6.45) is 4.19. The van der Waals surface area contributed by atoms with E-state index in [-0.39, 0.29) is 47.8 Å². The lowest BCUT2D eigenvalue weighted by Gasteiger charge is -2.38. The van der Waals surface area contributed by atoms with Crippen molar-refractivity contribution in [3.05, 3.63) is 48.2 Å². The Bertz CT molecular complexity index is 1280. The van der Waals surface area contributed by atoms with Gasteiger partial charge in [0.05, 0.1) is 4.90 Å². The fourth-order valence-electron chi connectivity index (χ4n) is 4.70. The summed E-state index contributed by atoms with van der Waals surface area (Å²) >= 11 is 0. The van der Waals surface area contributed by atoms with E-state index < -0.39 is 19.9 Å². The van der Waals surface area contributed by atoms with Crippen LogP contribution >= 0.6 is 0 Å². The van der Waals surface area contributed by atoms with Crippen molar-refractivity contribution in [2.45, 2.75) is 29.2 Å². The molecule has 2 aliphatic heterocycles. The lowest BCUT2D eigenvalue weighted by molar-refractivity contribution is -0.138. The molecule has 35 heavy (non-hydrogen) atoms. The third-order valence-corrected chi connectivity index (χ3v) is 9.85. The average Bonchev–Trinajstić information content (AvgIpc) is 2.84. The van der Waals surface area contributed by atoms with Crippen molar-refractivity contribution in [1.29, 1.82) is 0 Å². The van der Waals surface area contributed by atoms with Crippen molar-refractivity contribution in [3.8, 4) is 0 Å². The Labute approximate surface area is 206 Å². The van der Waals surface area contributed by atoms with Gasteiger partial charge in [0.25, 0.3) is 0 Å². The number of pyridine rings is 1. The molecule has 2 fully saturated rings. The molecule has 2 aromatic rings. The molecule has 0 aliphatic carbocycles. The van der Waals surface area contributed by atoms with Gasteiger partial charge in [-0.1, -0.05) is 12.1 Å². The Balaban J connectivity index is 1.33. The molecule has 0 atom stereocenters. The third-order valence-electron chi connectivity index (χ3n) is 6.61. The maximum Gasteiger partial charge on any atom is 0.244 e. The molecule has 10 nitrogen and oxygen atoms in total. The average molecular weight is 522 g/mol. The zero-order valence-electron chi connectivity index (χ0n) is 19.7. The van der Waals surface area contributed by atoms with Gasteiger partial charge in [-0.15, -0.1) is 0 Å². The molecule has 2 N–H and O–H groups in total. The highest BCUT2D eigenvalue weighted by Gasteiger charge is 2.35. The number of nitrogens with two attached hydrogens (primary N) is 1. The summed E-state index contributed by atoms with van der Waals surface area (Å²) in [4.78, 5) is 20.7. The van der Waals surface area contributed by atoms with Gasteiger partial charge >= 0.3 is 0 Å². The van der Waals surface area contributed by atoms with Crippen LogP contribution < -0.4 is 5.73 Å². The lowest BCUT2D eigenvalue weighted by atomic mass is 9.94. The van der Waals surface area contributed by atoms with Crippen LogP contribution in [0.25, 0.3) is 0 Å². The summed E-state index contributed by atoms with van der Waals surface area (Å²) in [6.45, 7) is 3.21. The predicted octanol–water partition coefficient (Wildman–Crippen LogP) is 0.812. The fraction of sp³-hybridized carbons (Fsp3) is 0.478. The Kier molecular flexibility index (Phi) is 7.46. The maximum atomic E-state index is 13.2. The van der Waals surface area contributed by atoms with E-state index in [1.54, 1.807) is 11.1 Å². The third kappa shape index (κ3) is 5.83. The van der Waals surface area contributed by atoms with Gasteiger partial charge in [0.2, 0.25) is 15.9 Å². The number of sulfone groups is 1. The van der Waals surface area contributed by atoms with Crippen molar-refractivity contribution in [2.24, 2.45) is 5.92 Å². The first-order chi connectivity index (χ1) is 16.6. The fourth-order valence-corrected chi connectivity index (χ4v) is 7.73. The predicted molar refractivity (Wildman–Crippen MR) is 132 cm³/mol. The molecular weight excluding hydrogens is 490 g/mol. The van der Waals surface area contributed by atoms with Gasteiger partial charge in [-0.05, 0) is 55.8 Å². The smallest absolute Gasteiger partial charge is 0.244 e. The molecule has 1 aromatic heterocycles. The van der Waals surface area contributed by atoms with Crippen LogP contribution in [-0.2, 0) is 31.2 Å². The number of nitrogen functional groups attached to an aromatic ring is 1.